The second kappa shape index (κ2) is 5.82. The van der Waals surface area contributed by atoms with Gasteiger partial charge in [0.05, 0.1) is 5.69 Å². The number of aromatic amines is 1. The van der Waals surface area contributed by atoms with E-state index in [1.807, 2.05) is 18.9 Å². The van der Waals surface area contributed by atoms with Crippen LogP contribution in [0.1, 0.15) is 25.4 Å². The maximum atomic E-state index is 12.5. The fourth-order valence-electron chi connectivity index (χ4n) is 1.89. The third-order valence-corrected chi connectivity index (χ3v) is 2.85. The number of fused-ring (bicyclic) bond motifs is 1. The molecule has 0 spiro atoms. The number of imidazole rings is 1. The molecule has 0 aliphatic heterocycles. The number of H-pyrrole nitrogens is 1. The first-order valence-corrected chi connectivity index (χ1v) is 6.60. The molecule has 114 valence electrons. The number of rotatable bonds is 1. The van der Waals surface area contributed by atoms with Crippen molar-refractivity contribution in [2.45, 2.75) is 26.9 Å². The van der Waals surface area contributed by atoms with Gasteiger partial charge in [-0.3, -0.25) is 5.10 Å². The third kappa shape index (κ3) is 2.83. The summed E-state index contributed by atoms with van der Waals surface area (Å²) in [5, 5.41) is 5.44. The van der Waals surface area contributed by atoms with Crippen LogP contribution in [0.5, 0.6) is 0 Å². The highest BCUT2D eigenvalue weighted by Crippen LogP contribution is 2.28. The van der Waals surface area contributed by atoms with Gasteiger partial charge in [0, 0.05) is 6.20 Å². The molecule has 5 nitrogen and oxygen atoms in total. The fraction of sp³-hybridized carbons (Fsp3) is 0.308. The van der Waals surface area contributed by atoms with Crippen LogP contribution in [0.2, 0.25) is 0 Å². The van der Waals surface area contributed by atoms with Crippen LogP contribution >= 0.6 is 0 Å². The van der Waals surface area contributed by atoms with Gasteiger partial charge >= 0.3 is 6.18 Å². The first kappa shape index (κ1) is 16.1. The number of aromatic nitrogens is 5. The van der Waals surface area contributed by atoms with Crippen LogP contribution in [0.25, 0.3) is 17.2 Å². The SMILES string of the molecule is CC.[B]c1ccn2c(C)c(-c3n[nH]c(C(F)(F)F)n3)nc2c1. The number of hydrogen-bond donors (Lipinski definition) is 1. The van der Waals surface area contributed by atoms with E-state index < -0.39 is 12.0 Å². The number of alkyl halides is 3. The zero-order valence-corrected chi connectivity index (χ0v) is 12.2. The number of nitrogens with one attached hydrogen (secondary N) is 1. The van der Waals surface area contributed by atoms with Crippen LogP contribution in [-0.4, -0.2) is 32.4 Å². The number of pyridine rings is 1. The van der Waals surface area contributed by atoms with Crippen molar-refractivity contribution < 1.29 is 13.2 Å². The van der Waals surface area contributed by atoms with E-state index in [1.54, 1.807) is 29.7 Å². The molecule has 0 saturated heterocycles. The highest BCUT2D eigenvalue weighted by Gasteiger charge is 2.35. The van der Waals surface area contributed by atoms with Gasteiger partial charge in [-0.25, -0.2) is 9.97 Å². The Balaban J connectivity index is 0.000000847. The quantitative estimate of drug-likeness (QED) is 0.702. The first-order valence-electron chi connectivity index (χ1n) is 6.60. The zero-order chi connectivity index (χ0) is 16.5. The van der Waals surface area contributed by atoms with Crippen molar-refractivity contribution in [3.63, 3.8) is 0 Å². The van der Waals surface area contributed by atoms with E-state index in [4.69, 9.17) is 7.85 Å². The Kier molecular flexibility index (Phi) is 4.25. The van der Waals surface area contributed by atoms with Crippen LogP contribution < -0.4 is 5.46 Å². The van der Waals surface area contributed by atoms with Crippen molar-refractivity contribution in [3.8, 4) is 11.5 Å². The standard InChI is InChI=1S/C11H7BF3N5.C2H6/c1-5-8(9-17-10(19-18-9)11(13,14)15)16-7-4-6(12)2-3-20(5)7;1-2/h2-4H,1H3,(H,17,18,19);1-2H3. The van der Waals surface area contributed by atoms with Gasteiger partial charge in [0.1, 0.15) is 19.2 Å². The second-order valence-corrected chi connectivity index (χ2v) is 4.24. The topological polar surface area (TPSA) is 58.9 Å². The summed E-state index contributed by atoms with van der Waals surface area (Å²) in [5.41, 5.74) is 1.95. The van der Waals surface area contributed by atoms with Crippen molar-refractivity contribution in [1.82, 2.24) is 24.6 Å². The van der Waals surface area contributed by atoms with Gasteiger partial charge in [-0.2, -0.15) is 18.3 Å². The van der Waals surface area contributed by atoms with E-state index in [-0.39, 0.29) is 11.5 Å². The largest absolute Gasteiger partial charge is 0.451 e. The molecule has 3 aromatic heterocycles. The molecule has 22 heavy (non-hydrogen) atoms. The monoisotopic (exact) mass is 307 g/mol. The highest BCUT2D eigenvalue weighted by atomic mass is 19.4. The number of hydrogen-bond acceptors (Lipinski definition) is 3. The Morgan fingerprint density at radius 3 is 2.50 bits per heavy atom. The number of halogens is 3. The Bertz CT molecular complexity index is 791. The molecule has 0 aromatic carbocycles. The Morgan fingerprint density at radius 1 is 1.23 bits per heavy atom. The van der Waals surface area contributed by atoms with Crippen molar-refractivity contribution in [2.24, 2.45) is 0 Å². The molecule has 9 heteroatoms. The molecule has 0 amide bonds. The summed E-state index contributed by atoms with van der Waals surface area (Å²) >= 11 is 0. The zero-order valence-electron chi connectivity index (χ0n) is 12.2. The number of aryl methyl sites for hydroxylation is 1. The molecule has 0 aliphatic rings. The number of nitrogens with zero attached hydrogens (tertiary/aromatic N) is 4. The van der Waals surface area contributed by atoms with E-state index in [2.05, 4.69) is 15.1 Å². The van der Waals surface area contributed by atoms with Crippen molar-refractivity contribution in [1.29, 1.82) is 0 Å². The van der Waals surface area contributed by atoms with Gasteiger partial charge in [0.15, 0.2) is 0 Å². The van der Waals surface area contributed by atoms with E-state index in [0.717, 1.165) is 0 Å². The minimum absolute atomic E-state index is 0.0999. The molecule has 0 saturated carbocycles. The molecule has 2 radical (unpaired) electrons. The highest BCUT2D eigenvalue weighted by molar-refractivity contribution is 6.32. The van der Waals surface area contributed by atoms with Crippen LogP contribution in [0.3, 0.4) is 0 Å². The molecule has 3 aromatic rings. The fourth-order valence-corrected chi connectivity index (χ4v) is 1.89. The molecule has 0 aliphatic carbocycles. The smallest absolute Gasteiger partial charge is 0.304 e. The van der Waals surface area contributed by atoms with E-state index >= 15 is 0 Å². The summed E-state index contributed by atoms with van der Waals surface area (Å²) < 4.78 is 39.2. The molecular weight excluding hydrogens is 294 g/mol. The van der Waals surface area contributed by atoms with Gasteiger partial charge < -0.3 is 4.40 Å². The van der Waals surface area contributed by atoms with Gasteiger partial charge in [0.25, 0.3) is 0 Å². The lowest BCUT2D eigenvalue weighted by atomic mass is 9.98. The molecule has 0 bridgehead atoms. The lowest BCUT2D eigenvalue weighted by Gasteiger charge is -1.98. The molecule has 1 N–H and O–H groups in total. The summed E-state index contributed by atoms with van der Waals surface area (Å²) in [4.78, 5) is 7.64. The van der Waals surface area contributed by atoms with Crippen molar-refractivity contribution in [2.75, 3.05) is 0 Å². The minimum atomic E-state index is -4.57. The average Bonchev–Trinajstić information content (AvgIpc) is 3.06. The Morgan fingerprint density at radius 2 is 1.91 bits per heavy atom. The normalized spacial score (nSPS) is 11.4. The lowest BCUT2D eigenvalue weighted by molar-refractivity contribution is -0.144. The maximum absolute atomic E-state index is 12.5. The van der Waals surface area contributed by atoms with E-state index in [9.17, 15) is 13.2 Å². The van der Waals surface area contributed by atoms with Gasteiger partial charge in [-0.1, -0.05) is 25.4 Å². The van der Waals surface area contributed by atoms with Crippen LogP contribution in [0.15, 0.2) is 18.3 Å². The summed E-state index contributed by atoms with van der Waals surface area (Å²) in [7, 11) is 5.64. The van der Waals surface area contributed by atoms with E-state index in [1.165, 1.54) is 0 Å². The third-order valence-electron chi connectivity index (χ3n) is 2.85. The summed E-state index contributed by atoms with van der Waals surface area (Å²) in [6.07, 6.45) is -2.88. The maximum Gasteiger partial charge on any atom is 0.451 e. The van der Waals surface area contributed by atoms with E-state index in [0.29, 0.717) is 16.8 Å². The van der Waals surface area contributed by atoms with Crippen LogP contribution in [-0.2, 0) is 6.18 Å². The van der Waals surface area contributed by atoms with Gasteiger partial charge in [0.2, 0.25) is 11.6 Å². The van der Waals surface area contributed by atoms with Crippen LogP contribution in [0, 0.1) is 6.92 Å². The minimum Gasteiger partial charge on any atom is -0.304 e. The predicted molar refractivity (Wildman–Crippen MR) is 77.0 cm³/mol. The second-order valence-electron chi connectivity index (χ2n) is 4.24. The molecule has 0 atom stereocenters. The van der Waals surface area contributed by atoms with Gasteiger partial charge in [-0.05, 0) is 13.0 Å². The van der Waals surface area contributed by atoms with Crippen molar-refractivity contribution >= 4 is 19.0 Å². The van der Waals surface area contributed by atoms with Gasteiger partial charge in [-0.15, -0.1) is 0 Å². The van der Waals surface area contributed by atoms with Crippen LogP contribution in [0.4, 0.5) is 13.2 Å². The molecule has 0 unspecified atom stereocenters. The summed E-state index contributed by atoms with van der Waals surface area (Å²) in [6.45, 7) is 5.72. The Hall–Kier alpha value is -2.32. The Labute approximate surface area is 126 Å². The predicted octanol–water partition coefficient (Wildman–Crippen LogP) is 2.27. The van der Waals surface area contributed by atoms with Crippen molar-refractivity contribution in [3.05, 3.63) is 29.8 Å². The summed E-state index contributed by atoms with van der Waals surface area (Å²) in [5.74, 6) is -1.25. The molecule has 3 heterocycles. The average molecular weight is 307 g/mol. The molecular formula is C13H13BF3N5. The molecule has 0 fully saturated rings. The first-order chi connectivity index (χ1) is 10.4. The summed E-state index contributed by atoms with van der Waals surface area (Å²) in [6, 6.07) is 3.29. The molecule has 3 rings (SSSR count). The lowest BCUT2D eigenvalue weighted by Crippen LogP contribution is -2.07.